The topological polar surface area (TPSA) is 86.1 Å². The number of pyridine rings is 1. The lowest BCUT2D eigenvalue weighted by Gasteiger charge is -2.18. The highest BCUT2D eigenvalue weighted by atomic mass is 35.5. The van der Waals surface area contributed by atoms with E-state index < -0.39 is 18.0 Å². The number of carbonyl (C=O) groups excluding carboxylic acids is 2. The first-order valence-corrected chi connectivity index (χ1v) is 10.7. The monoisotopic (exact) mass is 480 g/mol. The lowest BCUT2D eigenvalue weighted by Crippen LogP contribution is -2.32. The molecule has 2 aromatic carbocycles. The van der Waals surface area contributed by atoms with E-state index in [2.05, 4.69) is 15.4 Å². The molecule has 1 atom stereocenters. The van der Waals surface area contributed by atoms with Crippen molar-refractivity contribution in [2.24, 2.45) is 0 Å². The van der Waals surface area contributed by atoms with Gasteiger partial charge in [0.1, 0.15) is 0 Å². The van der Waals surface area contributed by atoms with Crippen molar-refractivity contribution in [2.45, 2.75) is 12.6 Å². The number of hydrogen-bond donors (Lipinski definition) is 1. The van der Waals surface area contributed by atoms with Gasteiger partial charge >= 0.3 is 5.97 Å². The third-order valence-corrected chi connectivity index (χ3v) is 5.18. The maximum absolute atomic E-state index is 13.1. The lowest BCUT2D eigenvalue weighted by molar-refractivity contribution is -0.130. The van der Waals surface area contributed by atoms with E-state index in [1.807, 2.05) is 36.4 Å². The van der Waals surface area contributed by atoms with Gasteiger partial charge < -0.3 is 10.1 Å². The van der Waals surface area contributed by atoms with Crippen LogP contribution in [-0.4, -0.2) is 26.6 Å². The molecule has 0 aliphatic heterocycles. The fraction of sp³-hybridized carbons (Fsp3) is 0.0833. The van der Waals surface area contributed by atoms with Gasteiger partial charge in [0.15, 0.2) is 16.7 Å². The van der Waals surface area contributed by atoms with Crippen LogP contribution in [0.25, 0.3) is 5.82 Å². The molecule has 4 aromatic rings. The van der Waals surface area contributed by atoms with Crippen molar-refractivity contribution < 1.29 is 14.3 Å². The number of ether oxygens (including phenoxy) is 1. The largest absolute Gasteiger partial charge is 0.443 e. The molecule has 166 valence electrons. The first-order chi connectivity index (χ1) is 16.0. The Bertz CT molecular complexity index is 1260. The summed E-state index contributed by atoms with van der Waals surface area (Å²) in [5, 5.41) is 7.23. The Morgan fingerprint density at radius 2 is 1.67 bits per heavy atom. The van der Waals surface area contributed by atoms with Crippen LogP contribution in [0.15, 0.2) is 85.1 Å². The summed E-state index contributed by atoms with van der Waals surface area (Å²) in [4.78, 5) is 30.3. The Hall–Kier alpha value is -3.68. The normalized spacial score (nSPS) is 11.6. The second-order valence-electron chi connectivity index (χ2n) is 6.97. The predicted molar refractivity (Wildman–Crippen MR) is 124 cm³/mol. The molecule has 0 saturated heterocycles. The van der Waals surface area contributed by atoms with Gasteiger partial charge in [0.25, 0.3) is 5.91 Å². The van der Waals surface area contributed by atoms with Gasteiger partial charge in [0.05, 0.1) is 5.02 Å². The maximum atomic E-state index is 13.1. The van der Waals surface area contributed by atoms with Crippen LogP contribution in [0, 0.1) is 0 Å². The van der Waals surface area contributed by atoms with Gasteiger partial charge in [-0.3, -0.25) is 4.79 Å². The Balaban J connectivity index is 1.60. The predicted octanol–water partition coefficient (Wildman–Crippen LogP) is 4.79. The Morgan fingerprint density at radius 3 is 2.36 bits per heavy atom. The maximum Gasteiger partial charge on any atom is 0.358 e. The van der Waals surface area contributed by atoms with Gasteiger partial charge in [-0.1, -0.05) is 83.9 Å². The second-order valence-corrected chi connectivity index (χ2v) is 7.77. The van der Waals surface area contributed by atoms with Crippen LogP contribution in [0.3, 0.4) is 0 Å². The number of carbonyl (C=O) groups is 2. The zero-order chi connectivity index (χ0) is 23.2. The minimum absolute atomic E-state index is 0.0163. The number of amides is 1. The third kappa shape index (κ3) is 5.39. The molecule has 2 heterocycles. The molecule has 0 aliphatic carbocycles. The van der Waals surface area contributed by atoms with Gasteiger partial charge in [-0.15, -0.1) is 0 Å². The summed E-state index contributed by atoms with van der Waals surface area (Å²) in [6.07, 6.45) is 0.319. The molecule has 7 nitrogen and oxygen atoms in total. The molecule has 1 amide bonds. The average Bonchev–Trinajstić information content (AvgIpc) is 3.24. The zero-order valence-corrected chi connectivity index (χ0v) is 18.7. The van der Waals surface area contributed by atoms with Crippen LogP contribution in [0.2, 0.25) is 10.2 Å². The van der Waals surface area contributed by atoms with Crippen molar-refractivity contribution in [2.75, 3.05) is 0 Å². The van der Waals surface area contributed by atoms with Gasteiger partial charge in [-0.05, 0) is 17.7 Å². The molecule has 9 heteroatoms. The molecule has 0 fully saturated rings. The first kappa shape index (κ1) is 22.5. The quantitative estimate of drug-likeness (QED) is 0.384. The molecule has 1 unspecified atom stereocenters. The summed E-state index contributed by atoms with van der Waals surface area (Å²) in [6.45, 7) is 0.286. The fourth-order valence-corrected chi connectivity index (χ4v) is 3.52. The fourth-order valence-electron chi connectivity index (χ4n) is 3.14. The lowest BCUT2D eigenvalue weighted by atomic mass is 10.1. The van der Waals surface area contributed by atoms with Crippen LogP contribution in [-0.2, 0) is 16.1 Å². The summed E-state index contributed by atoms with van der Waals surface area (Å²) in [5.74, 6) is -1.06. The van der Waals surface area contributed by atoms with E-state index in [0.717, 1.165) is 5.56 Å². The van der Waals surface area contributed by atoms with Crippen LogP contribution < -0.4 is 5.32 Å². The van der Waals surface area contributed by atoms with E-state index in [0.29, 0.717) is 5.56 Å². The first-order valence-electron chi connectivity index (χ1n) is 9.97. The highest BCUT2D eigenvalue weighted by Crippen LogP contribution is 2.24. The summed E-state index contributed by atoms with van der Waals surface area (Å²) in [5.41, 5.74) is 1.42. The number of benzene rings is 2. The highest BCUT2D eigenvalue weighted by molar-refractivity contribution is 6.32. The van der Waals surface area contributed by atoms with Gasteiger partial charge in [-0.2, -0.15) is 5.10 Å². The Kier molecular flexibility index (Phi) is 7.02. The van der Waals surface area contributed by atoms with Gasteiger partial charge in [0, 0.05) is 24.4 Å². The zero-order valence-electron chi connectivity index (χ0n) is 17.2. The molecule has 0 spiro atoms. The molecule has 0 saturated carbocycles. The van der Waals surface area contributed by atoms with E-state index in [1.54, 1.807) is 36.4 Å². The minimum Gasteiger partial charge on any atom is -0.443 e. The smallest absolute Gasteiger partial charge is 0.358 e. The van der Waals surface area contributed by atoms with E-state index >= 15 is 0 Å². The summed E-state index contributed by atoms with van der Waals surface area (Å²) in [7, 11) is 0. The summed E-state index contributed by atoms with van der Waals surface area (Å²) in [6, 6.07) is 22.8. The van der Waals surface area contributed by atoms with Crippen molar-refractivity contribution in [3.05, 3.63) is 112 Å². The summed E-state index contributed by atoms with van der Waals surface area (Å²) < 4.78 is 6.84. The van der Waals surface area contributed by atoms with E-state index in [-0.39, 0.29) is 28.2 Å². The van der Waals surface area contributed by atoms with Gasteiger partial charge in [0.2, 0.25) is 6.10 Å². The molecule has 4 rings (SSSR count). The van der Waals surface area contributed by atoms with Crippen LogP contribution in [0.4, 0.5) is 0 Å². The molecule has 0 bridgehead atoms. The number of hydrogen-bond acceptors (Lipinski definition) is 5. The number of esters is 1. The standard InChI is InChI=1S/C24H18Cl2N4O3/c25-18-12-7-13-27-22(18)30-19(14-20(26)29-30)24(32)33-21(17-10-5-2-6-11-17)23(31)28-15-16-8-3-1-4-9-16/h1-14,21H,15H2,(H,28,31). The SMILES string of the molecule is O=C(OC(C(=O)NCc1ccccc1)c1ccccc1)c1cc(Cl)nn1-c1ncccc1Cl. The molecule has 0 radical (unpaired) electrons. The second kappa shape index (κ2) is 10.3. The van der Waals surface area contributed by atoms with Crippen molar-refractivity contribution >= 4 is 35.1 Å². The van der Waals surface area contributed by atoms with Crippen LogP contribution in [0.5, 0.6) is 0 Å². The molecular formula is C24H18Cl2N4O3. The molecule has 1 N–H and O–H groups in total. The van der Waals surface area contributed by atoms with E-state index in [9.17, 15) is 9.59 Å². The van der Waals surface area contributed by atoms with Crippen molar-refractivity contribution in [3.63, 3.8) is 0 Å². The molecule has 33 heavy (non-hydrogen) atoms. The Labute approximate surface area is 199 Å². The van der Waals surface area contributed by atoms with Gasteiger partial charge in [-0.25, -0.2) is 14.5 Å². The molecular weight excluding hydrogens is 463 g/mol. The van der Waals surface area contributed by atoms with Crippen molar-refractivity contribution in [1.29, 1.82) is 0 Å². The highest BCUT2D eigenvalue weighted by Gasteiger charge is 2.28. The Morgan fingerprint density at radius 1 is 0.970 bits per heavy atom. The van der Waals surface area contributed by atoms with Crippen LogP contribution in [0.1, 0.15) is 27.7 Å². The van der Waals surface area contributed by atoms with Crippen molar-refractivity contribution in [1.82, 2.24) is 20.1 Å². The number of rotatable bonds is 7. The third-order valence-electron chi connectivity index (χ3n) is 4.70. The van der Waals surface area contributed by atoms with E-state index in [1.165, 1.54) is 16.9 Å². The summed E-state index contributed by atoms with van der Waals surface area (Å²) >= 11 is 12.3. The molecule has 2 aromatic heterocycles. The number of aromatic nitrogens is 3. The average molecular weight is 481 g/mol. The number of halogens is 2. The molecule has 0 aliphatic rings. The minimum atomic E-state index is -1.19. The number of nitrogens with zero attached hydrogens (tertiary/aromatic N) is 3. The van der Waals surface area contributed by atoms with Crippen molar-refractivity contribution in [3.8, 4) is 5.82 Å². The number of nitrogens with one attached hydrogen (secondary N) is 1. The van der Waals surface area contributed by atoms with E-state index in [4.69, 9.17) is 27.9 Å². The van der Waals surface area contributed by atoms with Crippen LogP contribution >= 0.6 is 23.2 Å².